The highest BCUT2D eigenvalue weighted by Crippen LogP contribution is 2.28. The van der Waals surface area contributed by atoms with Gasteiger partial charge in [-0.1, -0.05) is 25.0 Å². The second-order valence-electron chi connectivity index (χ2n) is 5.45. The van der Waals surface area contributed by atoms with Gasteiger partial charge in [0.05, 0.1) is 24.4 Å². The molecule has 1 aromatic carbocycles. The zero-order valence-corrected chi connectivity index (χ0v) is 11.3. The largest absolute Gasteiger partial charge is 0.477 e. The van der Waals surface area contributed by atoms with Crippen LogP contribution in [0.25, 0.3) is 0 Å². The fourth-order valence-corrected chi connectivity index (χ4v) is 2.81. The van der Waals surface area contributed by atoms with E-state index in [1.165, 1.54) is 0 Å². The van der Waals surface area contributed by atoms with Gasteiger partial charge in [0.15, 0.2) is 6.10 Å². The molecule has 1 heterocycles. The normalized spacial score (nSPS) is 28.8. The van der Waals surface area contributed by atoms with Gasteiger partial charge in [-0.15, -0.1) is 0 Å². The molecule has 20 heavy (non-hydrogen) atoms. The average Bonchev–Trinajstić information content (AvgIpc) is 2.49. The van der Waals surface area contributed by atoms with E-state index in [1.54, 1.807) is 0 Å². The minimum atomic E-state index is -0.543. The second kappa shape index (κ2) is 5.71. The number of carbonyl (C=O) groups excluding carboxylic acids is 1. The number of nitrogens with one attached hydrogen (secondary N) is 2. The zero-order chi connectivity index (χ0) is 13.9. The molecule has 108 valence electrons. The summed E-state index contributed by atoms with van der Waals surface area (Å²) in [6, 6.07) is 7.43. The van der Waals surface area contributed by atoms with Crippen LogP contribution >= 0.6 is 0 Å². The van der Waals surface area contributed by atoms with Gasteiger partial charge in [-0.3, -0.25) is 4.79 Å². The highest BCUT2D eigenvalue weighted by atomic mass is 16.5. The Bertz CT molecular complexity index is 492. The van der Waals surface area contributed by atoms with E-state index in [0.717, 1.165) is 31.4 Å². The van der Waals surface area contributed by atoms with Crippen molar-refractivity contribution >= 4 is 11.6 Å². The molecule has 3 atom stereocenters. The van der Waals surface area contributed by atoms with Crippen LogP contribution in [0.2, 0.25) is 0 Å². The predicted octanol–water partition coefficient (Wildman–Crippen LogP) is 1.28. The molecule has 1 unspecified atom stereocenters. The highest BCUT2D eigenvalue weighted by Gasteiger charge is 2.30. The van der Waals surface area contributed by atoms with Crippen LogP contribution in [0, 0.1) is 0 Å². The van der Waals surface area contributed by atoms with Gasteiger partial charge >= 0.3 is 0 Å². The lowest BCUT2D eigenvalue weighted by Gasteiger charge is -2.31. The number of hydrogen-bond acceptors (Lipinski definition) is 4. The Morgan fingerprint density at radius 1 is 1.30 bits per heavy atom. The average molecular weight is 276 g/mol. The van der Waals surface area contributed by atoms with E-state index in [1.807, 2.05) is 24.3 Å². The minimum Gasteiger partial charge on any atom is -0.477 e. The van der Waals surface area contributed by atoms with Gasteiger partial charge < -0.3 is 20.5 Å². The summed E-state index contributed by atoms with van der Waals surface area (Å²) in [6.45, 7) is 0.450. The number of aliphatic hydroxyl groups is 1. The van der Waals surface area contributed by atoms with E-state index in [2.05, 4.69) is 10.6 Å². The molecular formula is C15H20N2O3. The van der Waals surface area contributed by atoms with Gasteiger partial charge in [-0.2, -0.15) is 0 Å². The standard InChI is InChI=1S/C15H20N2O3/c18-12-7-3-1-5-10(12)17-15(19)14-9-16-11-6-2-4-8-13(11)20-14/h2,4,6,8,10,12,14,16,18H,1,3,5,7,9H2,(H,17,19)/t10-,12-,14?/m0/s1. The van der Waals surface area contributed by atoms with Crippen LogP contribution in [-0.4, -0.2) is 35.8 Å². The maximum absolute atomic E-state index is 12.2. The molecule has 0 radical (unpaired) electrons. The fraction of sp³-hybridized carbons (Fsp3) is 0.533. The van der Waals surface area contributed by atoms with Crippen molar-refractivity contribution in [1.29, 1.82) is 0 Å². The number of anilines is 1. The number of ether oxygens (including phenoxy) is 1. The molecule has 3 rings (SSSR count). The summed E-state index contributed by atoms with van der Waals surface area (Å²) < 4.78 is 5.71. The van der Waals surface area contributed by atoms with Gasteiger partial charge in [0.25, 0.3) is 5.91 Å². The van der Waals surface area contributed by atoms with Crippen LogP contribution in [-0.2, 0) is 4.79 Å². The summed E-state index contributed by atoms with van der Waals surface area (Å²) in [5.41, 5.74) is 0.911. The van der Waals surface area contributed by atoms with Crippen molar-refractivity contribution in [3.8, 4) is 5.75 Å². The SMILES string of the molecule is O=C(N[C@H]1CCCC[C@@H]1O)C1CNc2ccccc2O1. The van der Waals surface area contributed by atoms with E-state index in [9.17, 15) is 9.90 Å². The van der Waals surface area contributed by atoms with Crippen molar-refractivity contribution in [3.63, 3.8) is 0 Å². The lowest BCUT2D eigenvalue weighted by Crippen LogP contribution is -2.52. The minimum absolute atomic E-state index is 0.142. The van der Waals surface area contributed by atoms with Gasteiger partial charge in [0, 0.05) is 0 Å². The van der Waals surface area contributed by atoms with E-state index < -0.39 is 12.2 Å². The Kier molecular flexibility index (Phi) is 3.78. The maximum atomic E-state index is 12.2. The molecule has 1 fully saturated rings. The van der Waals surface area contributed by atoms with Crippen molar-refractivity contribution in [2.24, 2.45) is 0 Å². The van der Waals surface area contributed by atoms with E-state index in [0.29, 0.717) is 12.3 Å². The van der Waals surface area contributed by atoms with Crippen molar-refractivity contribution in [2.45, 2.75) is 43.9 Å². The molecule has 1 amide bonds. The van der Waals surface area contributed by atoms with Crippen molar-refractivity contribution in [2.75, 3.05) is 11.9 Å². The molecule has 5 nitrogen and oxygen atoms in total. The number of amides is 1. The molecule has 0 saturated heterocycles. The summed E-state index contributed by atoms with van der Waals surface area (Å²) in [5.74, 6) is 0.543. The van der Waals surface area contributed by atoms with Crippen LogP contribution in [0.1, 0.15) is 25.7 Å². The molecule has 1 aliphatic heterocycles. The number of benzene rings is 1. The Hall–Kier alpha value is -1.75. The van der Waals surface area contributed by atoms with Crippen LogP contribution in [0.5, 0.6) is 5.75 Å². The number of aliphatic hydroxyl groups excluding tert-OH is 1. The van der Waals surface area contributed by atoms with E-state index >= 15 is 0 Å². The molecule has 1 aromatic rings. The monoisotopic (exact) mass is 276 g/mol. The van der Waals surface area contributed by atoms with Gasteiger partial charge in [-0.25, -0.2) is 0 Å². The first-order chi connectivity index (χ1) is 9.74. The molecule has 0 aromatic heterocycles. The van der Waals surface area contributed by atoms with Crippen LogP contribution in [0.3, 0.4) is 0 Å². The van der Waals surface area contributed by atoms with Gasteiger partial charge in [0.2, 0.25) is 0 Å². The Morgan fingerprint density at radius 2 is 2.10 bits per heavy atom. The summed E-state index contributed by atoms with van der Waals surface area (Å²) in [6.07, 6.45) is 2.70. The summed E-state index contributed by atoms with van der Waals surface area (Å²) in [7, 11) is 0. The zero-order valence-electron chi connectivity index (χ0n) is 11.3. The number of fused-ring (bicyclic) bond motifs is 1. The Labute approximate surface area is 118 Å². The summed E-state index contributed by atoms with van der Waals surface area (Å²) in [5, 5.41) is 16.0. The molecule has 1 saturated carbocycles. The first-order valence-corrected chi connectivity index (χ1v) is 7.22. The highest BCUT2D eigenvalue weighted by molar-refractivity contribution is 5.83. The van der Waals surface area contributed by atoms with Crippen molar-refractivity contribution in [1.82, 2.24) is 5.32 Å². The second-order valence-corrected chi connectivity index (χ2v) is 5.45. The maximum Gasteiger partial charge on any atom is 0.263 e. The topological polar surface area (TPSA) is 70.6 Å². The number of hydrogen-bond donors (Lipinski definition) is 3. The third kappa shape index (κ3) is 2.72. The Balaban J connectivity index is 1.61. The first kappa shape index (κ1) is 13.2. The summed E-state index contributed by atoms with van der Waals surface area (Å²) >= 11 is 0. The fourth-order valence-electron chi connectivity index (χ4n) is 2.81. The molecule has 5 heteroatoms. The first-order valence-electron chi connectivity index (χ1n) is 7.22. The van der Waals surface area contributed by atoms with E-state index in [4.69, 9.17) is 4.74 Å². The van der Waals surface area contributed by atoms with Gasteiger partial charge in [0.1, 0.15) is 5.75 Å². The lowest BCUT2D eigenvalue weighted by molar-refractivity contribution is -0.129. The Morgan fingerprint density at radius 3 is 2.95 bits per heavy atom. The molecule has 0 spiro atoms. The number of para-hydroxylation sites is 2. The van der Waals surface area contributed by atoms with Crippen LogP contribution < -0.4 is 15.4 Å². The number of carbonyl (C=O) groups is 1. The third-order valence-corrected chi connectivity index (χ3v) is 3.98. The number of rotatable bonds is 2. The quantitative estimate of drug-likeness (QED) is 0.761. The van der Waals surface area contributed by atoms with Crippen molar-refractivity contribution < 1.29 is 14.6 Å². The molecule has 0 bridgehead atoms. The molecule has 3 N–H and O–H groups in total. The molecule has 2 aliphatic rings. The molecular weight excluding hydrogens is 256 g/mol. The van der Waals surface area contributed by atoms with E-state index in [-0.39, 0.29) is 11.9 Å². The van der Waals surface area contributed by atoms with Crippen molar-refractivity contribution in [3.05, 3.63) is 24.3 Å². The van der Waals surface area contributed by atoms with Crippen LogP contribution in [0.4, 0.5) is 5.69 Å². The summed E-state index contributed by atoms with van der Waals surface area (Å²) in [4.78, 5) is 12.2. The predicted molar refractivity (Wildman–Crippen MR) is 75.8 cm³/mol. The molecule has 1 aliphatic carbocycles. The lowest BCUT2D eigenvalue weighted by atomic mass is 9.92. The van der Waals surface area contributed by atoms with Gasteiger partial charge in [-0.05, 0) is 25.0 Å². The van der Waals surface area contributed by atoms with Crippen LogP contribution in [0.15, 0.2) is 24.3 Å². The smallest absolute Gasteiger partial charge is 0.263 e. The third-order valence-electron chi connectivity index (χ3n) is 3.98.